The molecule has 17 heavy (non-hydrogen) atoms. The number of nitrogens with one attached hydrogen (secondary N) is 1. The molecule has 0 saturated carbocycles. The predicted octanol–water partition coefficient (Wildman–Crippen LogP) is -1.27. The van der Waals surface area contributed by atoms with Gasteiger partial charge in [-0.1, -0.05) is 0 Å². The highest BCUT2D eigenvalue weighted by Crippen LogP contribution is 2.22. The summed E-state index contributed by atoms with van der Waals surface area (Å²) >= 11 is 0. The molecule has 0 spiro atoms. The Morgan fingerprint density at radius 2 is 2.06 bits per heavy atom. The van der Waals surface area contributed by atoms with Crippen molar-refractivity contribution >= 4 is 10.0 Å². The molecule has 1 atom stereocenters. The monoisotopic (exact) mass is 263 g/mol. The number of ether oxygens (including phenoxy) is 1. The number of sulfonamides is 1. The minimum absolute atomic E-state index is 0.100. The summed E-state index contributed by atoms with van der Waals surface area (Å²) in [5, 5.41) is 2.89. The van der Waals surface area contributed by atoms with E-state index in [1.165, 1.54) is 0 Å². The zero-order valence-corrected chi connectivity index (χ0v) is 10.8. The molecule has 2 rings (SSSR count). The first kappa shape index (κ1) is 13.2. The van der Waals surface area contributed by atoms with E-state index in [1.807, 2.05) is 0 Å². The molecule has 100 valence electrons. The van der Waals surface area contributed by atoms with Crippen molar-refractivity contribution in [3.8, 4) is 0 Å². The highest BCUT2D eigenvalue weighted by atomic mass is 32.2. The summed E-state index contributed by atoms with van der Waals surface area (Å²) in [6, 6.07) is -0.100. The molecule has 2 aliphatic heterocycles. The SMILES string of the molecule is NCC1CNCCN1S(=O)(=O)C1CCOCC1. The Kier molecular flexibility index (Phi) is 4.37. The zero-order chi connectivity index (χ0) is 12.3. The molecule has 0 amide bonds. The van der Waals surface area contributed by atoms with Crippen LogP contribution in [0.5, 0.6) is 0 Å². The topological polar surface area (TPSA) is 84.7 Å². The summed E-state index contributed by atoms with van der Waals surface area (Å²) in [6.45, 7) is 3.35. The Labute approximate surface area is 103 Å². The molecule has 2 heterocycles. The normalized spacial score (nSPS) is 29.4. The third kappa shape index (κ3) is 2.79. The van der Waals surface area contributed by atoms with Crippen LogP contribution < -0.4 is 11.1 Å². The Bertz CT molecular complexity index is 341. The summed E-state index contributed by atoms with van der Waals surface area (Å²) in [6.07, 6.45) is 1.20. The fourth-order valence-corrected chi connectivity index (χ4v) is 4.54. The molecule has 0 aromatic rings. The molecule has 6 nitrogen and oxygen atoms in total. The molecule has 2 fully saturated rings. The Morgan fingerprint density at radius 1 is 1.35 bits per heavy atom. The van der Waals surface area contributed by atoms with Crippen molar-refractivity contribution in [3.63, 3.8) is 0 Å². The molecule has 2 saturated heterocycles. The van der Waals surface area contributed by atoms with Gasteiger partial charge in [0.2, 0.25) is 10.0 Å². The molecule has 2 aliphatic rings. The van der Waals surface area contributed by atoms with Gasteiger partial charge >= 0.3 is 0 Å². The van der Waals surface area contributed by atoms with E-state index >= 15 is 0 Å². The Hall–Kier alpha value is -0.210. The fraction of sp³-hybridized carbons (Fsp3) is 1.00. The first-order valence-corrected chi connectivity index (χ1v) is 7.65. The van der Waals surface area contributed by atoms with Crippen LogP contribution >= 0.6 is 0 Å². The van der Waals surface area contributed by atoms with Gasteiger partial charge in [-0.15, -0.1) is 0 Å². The van der Waals surface area contributed by atoms with Crippen LogP contribution in [0.3, 0.4) is 0 Å². The molecule has 3 N–H and O–H groups in total. The van der Waals surface area contributed by atoms with E-state index in [9.17, 15) is 8.42 Å². The number of hydrogen-bond donors (Lipinski definition) is 2. The van der Waals surface area contributed by atoms with E-state index < -0.39 is 10.0 Å². The third-order valence-electron chi connectivity index (χ3n) is 3.48. The summed E-state index contributed by atoms with van der Waals surface area (Å²) in [4.78, 5) is 0. The lowest BCUT2D eigenvalue weighted by atomic mass is 10.2. The number of rotatable bonds is 3. The first-order chi connectivity index (χ1) is 8.16. The Balaban J connectivity index is 2.11. The van der Waals surface area contributed by atoms with Crippen LogP contribution in [0.25, 0.3) is 0 Å². The maximum atomic E-state index is 12.5. The van der Waals surface area contributed by atoms with Gasteiger partial charge in [-0.05, 0) is 12.8 Å². The number of nitrogens with two attached hydrogens (primary N) is 1. The maximum Gasteiger partial charge on any atom is 0.217 e. The first-order valence-electron chi connectivity index (χ1n) is 6.15. The van der Waals surface area contributed by atoms with Gasteiger partial charge in [-0.3, -0.25) is 0 Å². The molecular formula is C10H21N3O3S. The van der Waals surface area contributed by atoms with Crippen molar-refractivity contribution < 1.29 is 13.2 Å². The average molecular weight is 263 g/mol. The lowest BCUT2D eigenvalue weighted by Crippen LogP contribution is -2.58. The molecule has 0 aromatic heterocycles. The van der Waals surface area contributed by atoms with Gasteiger partial charge < -0.3 is 15.8 Å². The van der Waals surface area contributed by atoms with E-state index in [4.69, 9.17) is 10.5 Å². The average Bonchev–Trinajstić information content (AvgIpc) is 2.39. The van der Waals surface area contributed by atoms with Crippen LogP contribution in [0.1, 0.15) is 12.8 Å². The minimum Gasteiger partial charge on any atom is -0.381 e. The molecule has 0 bridgehead atoms. The molecule has 0 radical (unpaired) electrons. The standard InChI is InChI=1S/C10H21N3O3S/c11-7-9-8-12-3-4-13(9)17(14,15)10-1-5-16-6-2-10/h9-10,12H,1-8,11H2. The van der Waals surface area contributed by atoms with Gasteiger partial charge in [0.05, 0.1) is 5.25 Å². The Morgan fingerprint density at radius 3 is 2.71 bits per heavy atom. The molecular weight excluding hydrogens is 242 g/mol. The summed E-state index contributed by atoms with van der Waals surface area (Å²) in [5.41, 5.74) is 5.65. The van der Waals surface area contributed by atoms with Gasteiger partial charge in [0.15, 0.2) is 0 Å². The van der Waals surface area contributed by atoms with Gasteiger partial charge in [0.1, 0.15) is 0 Å². The highest BCUT2D eigenvalue weighted by molar-refractivity contribution is 7.89. The predicted molar refractivity (Wildman–Crippen MR) is 65.2 cm³/mol. The van der Waals surface area contributed by atoms with Crippen LogP contribution in [-0.4, -0.2) is 63.4 Å². The summed E-state index contributed by atoms with van der Waals surface area (Å²) in [5.74, 6) is 0. The molecule has 1 unspecified atom stereocenters. The second kappa shape index (κ2) is 5.62. The highest BCUT2D eigenvalue weighted by Gasteiger charge is 2.37. The largest absolute Gasteiger partial charge is 0.381 e. The van der Waals surface area contributed by atoms with E-state index in [0.29, 0.717) is 52.2 Å². The molecule has 7 heteroatoms. The lowest BCUT2D eigenvalue weighted by Gasteiger charge is -2.37. The van der Waals surface area contributed by atoms with Crippen molar-refractivity contribution in [2.75, 3.05) is 39.4 Å². The van der Waals surface area contributed by atoms with E-state index in [0.717, 1.165) is 0 Å². The van der Waals surface area contributed by atoms with Crippen molar-refractivity contribution in [1.82, 2.24) is 9.62 Å². The van der Waals surface area contributed by atoms with Crippen LogP contribution in [0.4, 0.5) is 0 Å². The van der Waals surface area contributed by atoms with Crippen molar-refractivity contribution in [2.24, 2.45) is 5.73 Å². The van der Waals surface area contributed by atoms with Crippen molar-refractivity contribution in [1.29, 1.82) is 0 Å². The van der Waals surface area contributed by atoms with Gasteiger partial charge in [-0.2, -0.15) is 4.31 Å². The molecule has 0 aliphatic carbocycles. The van der Waals surface area contributed by atoms with Crippen LogP contribution in [-0.2, 0) is 14.8 Å². The van der Waals surface area contributed by atoms with Crippen molar-refractivity contribution in [2.45, 2.75) is 24.1 Å². The second-order valence-corrected chi connectivity index (χ2v) is 6.73. The summed E-state index contributed by atoms with van der Waals surface area (Å²) < 4.78 is 31.8. The van der Waals surface area contributed by atoms with Crippen LogP contribution in [0.2, 0.25) is 0 Å². The lowest BCUT2D eigenvalue weighted by molar-refractivity contribution is 0.0965. The third-order valence-corrected chi connectivity index (χ3v) is 5.93. The minimum atomic E-state index is -3.21. The van der Waals surface area contributed by atoms with E-state index in [-0.39, 0.29) is 11.3 Å². The maximum absolute atomic E-state index is 12.5. The second-order valence-electron chi connectivity index (χ2n) is 4.56. The fourth-order valence-electron chi connectivity index (χ4n) is 2.44. The number of hydrogen-bond acceptors (Lipinski definition) is 5. The quantitative estimate of drug-likeness (QED) is 0.663. The van der Waals surface area contributed by atoms with Crippen molar-refractivity contribution in [3.05, 3.63) is 0 Å². The zero-order valence-electron chi connectivity index (χ0n) is 9.97. The van der Waals surface area contributed by atoms with Gasteiger partial charge in [0.25, 0.3) is 0 Å². The van der Waals surface area contributed by atoms with E-state index in [2.05, 4.69) is 5.32 Å². The smallest absolute Gasteiger partial charge is 0.217 e. The molecule has 0 aromatic carbocycles. The van der Waals surface area contributed by atoms with Gasteiger partial charge in [-0.25, -0.2) is 8.42 Å². The number of nitrogens with zero attached hydrogens (tertiary/aromatic N) is 1. The van der Waals surface area contributed by atoms with Gasteiger partial charge in [0, 0.05) is 45.4 Å². The van der Waals surface area contributed by atoms with Crippen LogP contribution in [0, 0.1) is 0 Å². The van der Waals surface area contributed by atoms with E-state index in [1.54, 1.807) is 4.31 Å². The number of piperazine rings is 1. The van der Waals surface area contributed by atoms with Crippen LogP contribution in [0.15, 0.2) is 0 Å². The summed E-state index contributed by atoms with van der Waals surface area (Å²) in [7, 11) is -3.21.